The normalized spacial score (nSPS) is 12.3. The van der Waals surface area contributed by atoms with Crippen LogP contribution in [0, 0.1) is 6.92 Å². The lowest BCUT2D eigenvalue weighted by atomic mass is 9.99. The lowest BCUT2D eigenvalue weighted by Gasteiger charge is -2.07. The number of rotatable bonds is 2. The molecule has 0 spiro atoms. The Bertz CT molecular complexity index is 588. The van der Waals surface area contributed by atoms with Crippen molar-refractivity contribution in [3.8, 4) is 0 Å². The summed E-state index contributed by atoms with van der Waals surface area (Å²) in [7, 11) is 0. The van der Waals surface area contributed by atoms with Crippen molar-refractivity contribution in [1.82, 2.24) is 5.43 Å². The predicted octanol–water partition coefficient (Wildman–Crippen LogP) is 3.83. The molecule has 3 rings (SSSR count). The van der Waals surface area contributed by atoms with E-state index in [9.17, 15) is 0 Å². The molecule has 3 nitrogen and oxygen atoms in total. The zero-order valence-corrected chi connectivity index (χ0v) is 9.59. The monoisotopic (exact) mass is 222 g/mol. The molecular weight excluding hydrogens is 210 g/mol. The summed E-state index contributed by atoms with van der Waals surface area (Å²) in [6, 6.07) is 14.4. The Kier molecular flexibility index (Phi) is 2.37. The van der Waals surface area contributed by atoms with Gasteiger partial charge >= 0.3 is 0 Å². The van der Waals surface area contributed by atoms with Crippen LogP contribution in [0.3, 0.4) is 0 Å². The van der Waals surface area contributed by atoms with Crippen LogP contribution >= 0.6 is 0 Å². The average Bonchev–Trinajstić information content (AvgIpc) is 2.81. The minimum absolute atomic E-state index is 0.871. The molecule has 0 saturated carbocycles. The van der Waals surface area contributed by atoms with E-state index in [0.29, 0.717) is 0 Å². The first kappa shape index (κ1) is 10.0. The molecule has 83 valence electrons. The smallest absolute Gasteiger partial charge is 0.119 e. The largest absolute Gasteiger partial charge is 0.128 e. The molecule has 0 saturated heterocycles. The Morgan fingerprint density at radius 3 is 2.65 bits per heavy atom. The molecule has 1 heterocycles. The molecule has 1 radical (unpaired) electrons. The summed E-state index contributed by atoms with van der Waals surface area (Å²) in [5.74, 6) is 0. The molecule has 0 unspecified atom stereocenters. The Morgan fingerprint density at radius 1 is 0.941 bits per heavy atom. The first-order valence-corrected chi connectivity index (χ1v) is 5.63. The zero-order chi connectivity index (χ0) is 11.7. The summed E-state index contributed by atoms with van der Waals surface area (Å²) < 4.78 is 0. The molecule has 0 aromatic heterocycles. The van der Waals surface area contributed by atoms with Crippen molar-refractivity contribution in [2.24, 2.45) is 10.3 Å². The summed E-state index contributed by atoms with van der Waals surface area (Å²) >= 11 is 0. The fourth-order valence-corrected chi connectivity index (χ4v) is 2.05. The molecule has 0 atom stereocenters. The molecule has 0 N–H and O–H groups in total. The second-order valence-corrected chi connectivity index (χ2v) is 4.18. The van der Waals surface area contributed by atoms with Gasteiger partial charge in [0.2, 0.25) is 0 Å². The number of fused-ring (bicyclic) bond motifs is 1. The Labute approximate surface area is 100 Å². The Hall–Kier alpha value is -2.16. The van der Waals surface area contributed by atoms with E-state index in [1.807, 2.05) is 12.1 Å². The van der Waals surface area contributed by atoms with Crippen molar-refractivity contribution < 1.29 is 0 Å². The maximum Gasteiger partial charge on any atom is 0.119 e. The summed E-state index contributed by atoms with van der Waals surface area (Å²) in [6.07, 6.45) is 0.879. The highest BCUT2D eigenvalue weighted by Gasteiger charge is 2.14. The van der Waals surface area contributed by atoms with Crippen molar-refractivity contribution in [1.29, 1.82) is 0 Å². The van der Waals surface area contributed by atoms with Crippen LogP contribution < -0.4 is 5.43 Å². The van der Waals surface area contributed by atoms with Crippen molar-refractivity contribution in [2.75, 3.05) is 0 Å². The maximum absolute atomic E-state index is 4.08. The first-order chi connectivity index (χ1) is 8.34. The van der Waals surface area contributed by atoms with Gasteiger partial charge in [0.15, 0.2) is 0 Å². The van der Waals surface area contributed by atoms with Crippen molar-refractivity contribution in [3.05, 3.63) is 59.2 Å². The van der Waals surface area contributed by atoms with Gasteiger partial charge in [0, 0.05) is 0 Å². The van der Waals surface area contributed by atoms with Crippen LogP contribution in [-0.4, -0.2) is 0 Å². The number of hydrogen-bond donors (Lipinski definition) is 0. The van der Waals surface area contributed by atoms with Gasteiger partial charge in [-0.3, -0.25) is 0 Å². The average molecular weight is 222 g/mol. The molecular formula is C14H12N3. The molecule has 1 aliphatic heterocycles. The molecule has 0 bridgehead atoms. The Balaban J connectivity index is 1.99. The van der Waals surface area contributed by atoms with Gasteiger partial charge in [-0.2, -0.15) is 0 Å². The molecule has 0 aliphatic carbocycles. The highest BCUT2D eigenvalue weighted by atomic mass is 15.5. The van der Waals surface area contributed by atoms with E-state index in [4.69, 9.17) is 0 Å². The predicted molar refractivity (Wildman–Crippen MR) is 66.7 cm³/mol. The second-order valence-electron chi connectivity index (χ2n) is 4.18. The van der Waals surface area contributed by atoms with E-state index < -0.39 is 0 Å². The summed E-state index contributed by atoms with van der Waals surface area (Å²) in [5.41, 5.74) is 9.57. The van der Waals surface area contributed by atoms with E-state index in [1.54, 1.807) is 0 Å². The van der Waals surface area contributed by atoms with Crippen LogP contribution in [0.4, 0.5) is 11.4 Å². The highest BCUT2D eigenvalue weighted by molar-refractivity contribution is 5.67. The standard InChI is InChI=1S/C14H12N3/c1-10-5-2-3-6-11(10)9-12-7-4-8-13-14(12)16-17-15-13/h2-8H,9H2,1H3. The van der Waals surface area contributed by atoms with Gasteiger partial charge in [-0.25, -0.2) is 0 Å². The van der Waals surface area contributed by atoms with Crippen molar-refractivity contribution in [2.45, 2.75) is 13.3 Å². The molecule has 2 aromatic carbocycles. The SMILES string of the molecule is Cc1ccccc1Cc1cccc2c1N=N[N]2. The van der Waals surface area contributed by atoms with Crippen LogP contribution in [-0.2, 0) is 6.42 Å². The number of hydrogen-bond acceptors (Lipinski definition) is 2. The number of benzene rings is 2. The second kappa shape index (κ2) is 4.01. The van der Waals surface area contributed by atoms with Crippen molar-refractivity contribution in [3.63, 3.8) is 0 Å². The fraction of sp³-hybridized carbons (Fsp3) is 0.143. The van der Waals surface area contributed by atoms with Gasteiger partial charge in [-0.05, 0) is 41.3 Å². The molecule has 0 amide bonds. The van der Waals surface area contributed by atoms with Gasteiger partial charge < -0.3 is 0 Å². The molecule has 0 fully saturated rings. The third-order valence-electron chi connectivity index (χ3n) is 3.04. The van der Waals surface area contributed by atoms with Crippen LogP contribution in [0.5, 0.6) is 0 Å². The van der Waals surface area contributed by atoms with E-state index in [1.165, 1.54) is 16.7 Å². The van der Waals surface area contributed by atoms with Gasteiger partial charge in [0.25, 0.3) is 0 Å². The van der Waals surface area contributed by atoms with Crippen LogP contribution in [0.25, 0.3) is 0 Å². The first-order valence-electron chi connectivity index (χ1n) is 5.63. The third kappa shape index (κ3) is 1.80. The summed E-state index contributed by atoms with van der Waals surface area (Å²) in [6.45, 7) is 2.13. The van der Waals surface area contributed by atoms with Gasteiger partial charge in [-0.15, -0.1) is 10.5 Å². The van der Waals surface area contributed by atoms with Gasteiger partial charge in [0.1, 0.15) is 11.4 Å². The third-order valence-corrected chi connectivity index (χ3v) is 3.04. The van der Waals surface area contributed by atoms with E-state index in [0.717, 1.165) is 17.8 Å². The maximum atomic E-state index is 4.08. The minimum atomic E-state index is 0.871. The fourth-order valence-electron chi connectivity index (χ4n) is 2.05. The molecule has 17 heavy (non-hydrogen) atoms. The molecule has 1 aliphatic rings. The lowest BCUT2D eigenvalue weighted by Crippen LogP contribution is -1.92. The zero-order valence-electron chi connectivity index (χ0n) is 9.59. The van der Waals surface area contributed by atoms with Crippen LogP contribution in [0.2, 0.25) is 0 Å². The Morgan fingerprint density at radius 2 is 1.76 bits per heavy atom. The number of nitrogens with zero attached hydrogens (tertiary/aromatic N) is 3. The van der Waals surface area contributed by atoms with E-state index >= 15 is 0 Å². The minimum Gasteiger partial charge on any atom is -0.128 e. The van der Waals surface area contributed by atoms with Gasteiger partial charge in [0.05, 0.1) is 0 Å². The van der Waals surface area contributed by atoms with E-state index in [2.05, 4.69) is 53.0 Å². The number of aryl methyl sites for hydroxylation is 1. The quantitative estimate of drug-likeness (QED) is 0.740. The highest BCUT2D eigenvalue weighted by Crippen LogP contribution is 2.35. The van der Waals surface area contributed by atoms with Crippen molar-refractivity contribution >= 4 is 11.4 Å². The van der Waals surface area contributed by atoms with Crippen LogP contribution in [0.15, 0.2) is 52.8 Å². The summed E-state index contributed by atoms with van der Waals surface area (Å²) in [5, 5.41) is 7.81. The van der Waals surface area contributed by atoms with Gasteiger partial charge in [-0.1, -0.05) is 36.4 Å². The summed E-state index contributed by atoms with van der Waals surface area (Å²) in [4.78, 5) is 0. The lowest BCUT2D eigenvalue weighted by molar-refractivity contribution is 0.923. The topological polar surface area (TPSA) is 38.8 Å². The molecule has 2 aromatic rings. The van der Waals surface area contributed by atoms with Crippen LogP contribution in [0.1, 0.15) is 16.7 Å². The van der Waals surface area contributed by atoms with E-state index in [-0.39, 0.29) is 0 Å². The molecule has 3 heteroatoms.